The fourth-order valence-corrected chi connectivity index (χ4v) is 3.07. The molecule has 142 valence electrons. The molecule has 1 amide bonds. The van der Waals surface area contributed by atoms with E-state index in [2.05, 4.69) is 10.6 Å². The van der Waals surface area contributed by atoms with Crippen molar-refractivity contribution in [1.82, 2.24) is 5.32 Å². The molecule has 0 heterocycles. The van der Waals surface area contributed by atoms with Crippen LogP contribution in [0.2, 0.25) is 5.02 Å². The van der Waals surface area contributed by atoms with Crippen LogP contribution in [-0.2, 0) is 0 Å². The predicted octanol–water partition coefficient (Wildman–Crippen LogP) is 4.33. The molecule has 0 aliphatic rings. The molecular weight excluding hydrogens is 400 g/mol. The van der Waals surface area contributed by atoms with Crippen molar-refractivity contribution in [2.24, 2.45) is 0 Å². The van der Waals surface area contributed by atoms with Crippen LogP contribution in [0.25, 0.3) is 10.8 Å². The number of carboxylic acids is 1. The molecule has 0 aromatic heterocycles. The van der Waals surface area contributed by atoms with Gasteiger partial charge in [-0.3, -0.25) is 10.1 Å². The van der Waals surface area contributed by atoms with E-state index in [1.807, 2.05) is 24.3 Å². The highest BCUT2D eigenvalue weighted by atomic mass is 35.5. The van der Waals surface area contributed by atoms with Crippen molar-refractivity contribution in [2.75, 3.05) is 12.4 Å². The molecule has 28 heavy (non-hydrogen) atoms. The number of anilines is 1. The number of hydrogen-bond donors (Lipinski definition) is 3. The maximum Gasteiger partial charge on any atom is 0.337 e. The van der Waals surface area contributed by atoms with Gasteiger partial charge in [-0.25, -0.2) is 4.79 Å². The first-order valence-corrected chi connectivity index (χ1v) is 8.89. The maximum absolute atomic E-state index is 12.7. The van der Waals surface area contributed by atoms with Crippen LogP contribution in [0.15, 0.2) is 54.6 Å². The number of benzene rings is 3. The first kappa shape index (κ1) is 19.6. The lowest BCUT2D eigenvalue weighted by molar-refractivity contribution is 0.0697. The van der Waals surface area contributed by atoms with Crippen LogP contribution < -0.4 is 15.4 Å². The number of hydrogen-bond acceptors (Lipinski definition) is 4. The molecule has 0 aliphatic carbocycles. The number of amides is 1. The molecule has 3 aromatic rings. The smallest absolute Gasteiger partial charge is 0.337 e. The van der Waals surface area contributed by atoms with Crippen LogP contribution in [-0.4, -0.2) is 29.2 Å². The number of fused-ring (bicyclic) bond motifs is 1. The van der Waals surface area contributed by atoms with Gasteiger partial charge in [-0.15, -0.1) is 0 Å². The van der Waals surface area contributed by atoms with Crippen molar-refractivity contribution in [2.45, 2.75) is 0 Å². The Morgan fingerprint density at radius 1 is 1.04 bits per heavy atom. The van der Waals surface area contributed by atoms with E-state index in [-0.39, 0.29) is 15.7 Å². The van der Waals surface area contributed by atoms with E-state index < -0.39 is 11.9 Å². The normalized spacial score (nSPS) is 10.4. The van der Waals surface area contributed by atoms with E-state index in [4.69, 9.17) is 33.7 Å². The van der Waals surface area contributed by atoms with E-state index in [0.717, 1.165) is 10.8 Å². The first-order valence-electron chi connectivity index (χ1n) is 8.11. The van der Waals surface area contributed by atoms with Crippen LogP contribution in [0.5, 0.6) is 5.75 Å². The first-order chi connectivity index (χ1) is 13.4. The van der Waals surface area contributed by atoms with Crippen molar-refractivity contribution in [1.29, 1.82) is 0 Å². The zero-order chi connectivity index (χ0) is 20.3. The lowest BCUT2D eigenvalue weighted by atomic mass is 10.1. The van der Waals surface area contributed by atoms with Crippen molar-refractivity contribution in [3.05, 3.63) is 70.7 Å². The van der Waals surface area contributed by atoms with E-state index in [1.54, 1.807) is 18.2 Å². The van der Waals surface area contributed by atoms with Crippen molar-refractivity contribution in [3.8, 4) is 5.75 Å². The van der Waals surface area contributed by atoms with Crippen LogP contribution in [0.3, 0.4) is 0 Å². The second kappa shape index (κ2) is 8.24. The van der Waals surface area contributed by atoms with E-state index >= 15 is 0 Å². The summed E-state index contributed by atoms with van der Waals surface area (Å²) in [7, 11) is 1.48. The second-order valence-electron chi connectivity index (χ2n) is 5.81. The fraction of sp³-hybridized carbons (Fsp3) is 0.0500. The van der Waals surface area contributed by atoms with Crippen LogP contribution in [0.4, 0.5) is 5.69 Å². The standard InChI is InChI=1S/C20H15ClN2O4S/c1-27-17-9-12-5-3-2-4-11(12)8-15(17)18(24)23-20(28)22-13-6-7-16(21)14(10-13)19(25)26/h2-10H,1H3,(H,25,26)(H2,22,23,24,28). The number of thiocarbonyl (C=S) groups is 1. The Kier molecular flexibility index (Phi) is 5.77. The largest absolute Gasteiger partial charge is 0.496 e. The Labute approximate surface area is 171 Å². The van der Waals surface area contributed by atoms with E-state index in [9.17, 15) is 9.59 Å². The fourth-order valence-electron chi connectivity index (χ4n) is 2.67. The Morgan fingerprint density at radius 2 is 1.71 bits per heavy atom. The van der Waals surface area contributed by atoms with Crippen LogP contribution in [0.1, 0.15) is 20.7 Å². The number of halogens is 1. The molecule has 8 heteroatoms. The number of carbonyl (C=O) groups is 2. The molecule has 0 saturated heterocycles. The van der Waals surface area contributed by atoms with Crippen molar-refractivity contribution in [3.63, 3.8) is 0 Å². The Hall–Kier alpha value is -3.16. The van der Waals surface area contributed by atoms with Gasteiger partial charge in [0.15, 0.2) is 5.11 Å². The summed E-state index contributed by atoms with van der Waals surface area (Å²) in [6, 6.07) is 15.4. The van der Waals surface area contributed by atoms with Gasteiger partial charge < -0.3 is 15.2 Å². The number of ether oxygens (including phenoxy) is 1. The third-order valence-electron chi connectivity index (χ3n) is 3.99. The zero-order valence-electron chi connectivity index (χ0n) is 14.7. The lowest BCUT2D eigenvalue weighted by Gasteiger charge is -2.13. The number of methoxy groups -OCH3 is 1. The summed E-state index contributed by atoms with van der Waals surface area (Å²) in [4.78, 5) is 23.8. The summed E-state index contributed by atoms with van der Waals surface area (Å²) < 4.78 is 5.33. The lowest BCUT2D eigenvalue weighted by Crippen LogP contribution is -2.34. The van der Waals surface area contributed by atoms with Crippen LogP contribution in [0, 0.1) is 0 Å². The van der Waals surface area contributed by atoms with Crippen molar-refractivity contribution >= 4 is 57.3 Å². The van der Waals surface area contributed by atoms with Gasteiger partial charge in [0.05, 0.1) is 23.3 Å². The van der Waals surface area contributed by atoms with Gasteiger partial charge in [-0.05, 0) is 53.3 Å². The van der Waals surface area contributed by atoms with E-state index in [1.165, 1.54) is 19.2 Å². The third-order valence-corrected chi connectivity index (χ3v) is 4.53. The number of carbonyl (C=O) groups excluding carboxylic acids is 1. The highest BCUT2D eigenvalue weighted by Gasteiger charge is 2.16. The quantitative estimate of drug-likeness (QED) is 0.551. The summed E-state index contributed by atoms with van der Waals surface area (Å²) in [5, 5.41) is 16.4. The van der Waals surface area contributed by atoms with Gasteiger partial charge in [0.2, 0.25) is 0 Å². The van der Waals surface area contributed by atoms with Gasteiger partial charge in [-0.2, -0.15) is 0 Å². The minimum Gasteiger partial charge on any atom is -0.496 e. The molecular formula is C20H15ClN2O4S. The topological polar surface area (TPSA) is 87.7 Å². The Bertz CT molecular complexity index is 1100. The van der Waals surface area contributed by atoms with Gasteiger partial charge in [0, 0.05) is 5.69 Å². The predicted molar refractivity (Wildman–Crippen MR) is 113 cm³/mol. The Morgan fingerprint density at radius 3 is 2.36 bits per heavy atom. The number of rotatable bonds is 4. The molecule has 6 nitrogen and oxygen atoms in total. The summed E-state index contributed by atoms with van der Waals surface area (Å²) in [6.45, 7) is 0. The monoisotopic (exact) mass is 414 g/mol. The molecule has 0 bridgehead atoms. The number of carboxylic acid groups (broad SMARTS) is 1. The summed E-state index contributed by atoms with van der Waals surface area (Å²) in [5.74, 6) is -1.20. The molecule has 0 spiro atoms. The van der Waals surface area contributed by atoms with Gasteiger partial charge in [0.1, 0.15) is 5.75 Å². The maximum atomic E-state index is 12.7. The molecule has 0 fully saturated rings. The number of aromatic carboxylic acids is 1. The average molecular weight is 415 g/mol. The molecule has 0 radical (unpaired) electrons. The van der Waals surface area contributed by atoms with Crippen molar-refractivity contribution < 1.29 is 19.4 Å². The van der Waals surface area contributed by atoms with Gasteiger partial charge in [0.25, 0.3) is 5.91 Å². The highest BCUT2D eigenvalue weighted by Crippen LogP contribution is 2.26. The zero-order valence-corrected chi connectivity index (χ0v) is 16.2. The molecule has 0 saturated carbocycles. The van der Waals surface area contributed by atoms with E-state index in [0.29, 0.717) is 17.0 Å². The molecule has 0 aliphatic heterocycles. The molecule has 3 aromatic carbocycles. The highest BCUT2D eigenvalue weighted by molar-refractivity contribution is 7.80. The Balaban J connectivity index is 1.79. The molecule has 3 N–H and O–H groups in total. The third kappa shape index (κ3) is 4.21. The minimum atomic E-state index is -1.16. The average Bonchev–Trinajstić information content (AvgIpc) is 2.68. The summed E-state index contributed by atoms with van der Waals surface area (Å²) in [5.41, 5.74) is 0.641. The van der Waals surface area contributed by atoms with Gasteiger partial charge in [-0.1, -0.05) is 35.9 Å². The van der Waals surface area contributed by atoms with Gasteiger partial charge >= 0.3 is 5.97 Å². The minimum absolute atomic E-state index is 0.0128. The van der Waals surface area contributed by atoms with Crippen LogP contribution >= 0.6 is 23.8 Å². The molecule has 0 unspecified atom stereocenters. The molecule has 3 rings (SSSR count). The summed E-state index contributed by atoms with van der Waals surface area (Å²) in [6.07, 6.45) is 0. The molecule has 0 atom stereocenters. The second-order valence-corrected chi connectivity index (χ2v) is 6.62. The number of nitrogens with one attached hydrogen (secondary N) is 2. The summed E-state index contributed by atoms with van der Waals surface area (Å²) >= 11 is 11.0. The SMILES string of the molecule is COc1cc2ccccc2cc1C(=O)NC(=S)Nc1ccc(Cl)c(C(=O)O)c1.